The molecule has 0 spiro atoms. The number of hydrogen-bond donors (Lipinski definition) is 0. The van der Waals surface area contributed by atoms with Crippen molar-refractivity contribution in [2.24, 2.45) is 0 Å². The van der Waals surface area contributed by atoms with Gasteiger partial charge in [-0.3, -0.25) is 0 Å². The lowest BCUT2D eigenvalue weighted by atomic mass is 9.99. The number of quaternary nitrogens is 1. The van der Waals surface area contributed by atoms with Crippen LogP contribution >= 0.6 is 0 Å². The van der Waals surface area contributed by atoms with Crippen molar-refractivity contribution in [1.29, 1.82) is 0 Å². The first-order chi connectivity index (χ1) is 12.2. The Labute approximate surface area is 156 Å². The van der Waals surface area contributed by atoms with E-state index in [9.17, 15) is 4.79 Å². The molecule has 2 aliphatic rings. The van der Waals surface area contributed by atoms with Gasteiger partial charge in [0.05, 0.1) is 19.6 Å². The van der Waals surface area contributed by atoms with Crippen LogP contribution in [0.4, 0.5) is 0 Å². The largest absolute Gasteiger partial charge is 0.458 e. The van der Waals surface area contributed by atoms with Crippen LogP contribution in [0.1, 0.15) is 103 Å². The number of carbonyl (C=O) groups excluding carboxylic acids is 1. The van der Waals surface area contributed by atoms with Crippen molar-refractivity contribution in [3.05, 3.63) is 0 Å². The average Bonchev–Trinajstić information content (AvgIpc) is 2.58. The third-order valence-corrected chi connectivity index (χ3v) is 6.28. The van der Waals surface area contributed by atoms with E-state index in [0.717, 1.165) is 30.3 Å². The summed E-state index contributed by atoms with van der Waals surface area (Å²) >= 11 is 0. The fourth-order valence-electron chi connectivity index (χ4n) is 4.86. The lowest BCUT2D eigenvalue weighted by Gasteiger charge is -2.40. The predicted octanol–water partition coefficient (Wildman–Crippen LogP) is 5.61. The Bertz CT molecular complexity index is 346. The average molecular weight is 353 g/mol. The number of ether oxygens (including phenoxy) is 1. The van der Waals surface area contributed by atoms with Gasteiger partial charge in [-0.2, -0.15) is 0 Å². The van der Waals surface area contributed by atoms with Gasteiger partial charge in [0.15, 0.2) is 6.54 Å². The Morgan fingerprint density at radius 3 is 1.80 bits per heavy atom. The quantitative estimate of drug-likeness (QED) is 0.474. The van der Waals surface area contributed by atoms with E-state index in [2.05, 4.69) is 6.92 Å². The Balaban J connectivity index is 1.82. The van der Waals surface area contributed by atoms with Gasteiger partial charge in [0.1, 0.15) is 6.10 Å². The summed E-state index contributed by atoms with van der Waals surface area (Å²) in [7, 11) is 0. The van der Waals surface area contributed by atoms with E-state index >= 15 is 0 Å². The van der Waals surface area contributed by atoms with Gasteiger partial charge in [-0.05, 0) is 51.4 Å². The molecular weight excluding hydrogens is 310 g/mol. The molecule has 0 amide bonds. The molecule has 0 aromatic rings. The van der Waals surface area contributed by atoms with Gasteiger partial charge < -0.3 is 9.22 Å². The van der Waals surface area contributed by atoms with Gasteiger partial charge in [-0.1, -0.05) is 51.9 Å². The third-order valence-electron chi connectivity index (χ3n) is 6.28. The second-order valence-electron chi connectivity index (χ2n) is 8.60. The smallest absolute Gasteiger partial charge is 0.362 e. The molecule has 25 heavy (non-hydrogen) atoms. The fraction of sp³-hybridized carbons (Fsp3) is 0.955. The highest BCUT2D eigenvalue weighted by Gasteiger charge is 2.33. The molecule has 0 radical (unpaired) electrons. The molecule has 0 atom stereocenters. The van der Waals surface area contributed by atoms with Crippen LogP contribution in [0, 0.1) is 0 Å². The molecule has 2 rings (SSSR count). The topological polar surface area (TPSA) is 26.3 Å². The Hall–Kier alpha value is -0.570. The minimum absolute atomic E-state index is 0.0763. The van der Waals surface area contributed by atoms with E-state index in [0.29, 0.717) is 6.54 Å². The summed E-state index contributed by atoms with van der Waals surface area (Å²) in [4.78, 5) is 12.7. The van der Waals surface area contributed by atoms with Crippen LogP contribution in [0.3, 0.4) is 0 Å². The first-order valence-electron chi connectivity index (χ1n) is 11.3. The number of hydrogen-bond acceptors (Lipinski definition) is 2. The van der Waals surface area contributed by atoms with Crippen molar-refractivity contribution in [1.82, 2.24) is 0 Å². The molecule has 0 aromatic carbocycles. The zero-order chi connectivity index (χ0) is 17.8. The highest BCUT2D eigenvalue weighted by Crippen LogP contribution is 2.22. The third kappa shape index (κ3) is 8.11. The Kier molecular flexibility index (Phi) is 9.90. The standard InChI is InChI=1S/C22H42NO2/c1-2-17-23(18-13-10-14-19-23)20-22(24)25-21-15-11-8-6-4-3-5-7-9-12-16-21/h21H,2-20H2,1H3/q+1. The zero-order valence-corrected chi connectivity index (χ0v) is 16.8. The number of carbonyl (C=O) groups is 1. The van der Waals surface area contributed by atoms with Crippen LogP contribution < -0.4 is 0 Å². The summed E-state index contributed by atoms with van der Waals surface area (Å²) in [5, 5.41) is 0. The van der Waals surface area contributed by atoms with Crippen LogP contribution in [-0.4, -0.2) is 42.7 Å². The predicted molar refractivity (Wildman–Crippen MR) is 105 cm³/mol. The van der Waals surface area contributed by atoms with Gasteiger partial charge >= 0.3 is 5.97 Å². The molecule has 0 bridgehead atoms. The number of piperidine rings is 1. The number of rotatable bonds is 5. The van der Waals surface area contributed by atoms with Crippen LogP contribution in [0.5, 0.6) is 0 Å². The summed E-state index contributed by atoms with van der Waals surface area (Å²) in [5.74, 6) is 0.0763. The summed E-state index contributed by atoms with van der Waals surface area (Å²) in [5.41, 5.74) is 0. The van der Waals surface area contributed by atoms with E-state index in [1.807, 2.05) is 0 Å². The number of likely N-dealkylation sites (tertiary alicyclic amines) is 1. The van der Waals surface area contributed by atoms with Crippen LogP contribution in [0.25, 0.3) is 0 Å². The molecule has 0 N–H and O–H groups in total. The van der Waals surface area contributed by atoms with Crippen LogP contribution in [0.15, 0.2) is 0 Å². The summed E-state index contributed by atoms with van der Waals surface area (Å²) in [6, 6.07) is 0. The van der Waals surface area contributed by atoms with Gasteiger partial charge in [-0.25, -0.2) is 4.79 Å². The second-order valence-corrected chi connectivity index (χ2v) is 8.60. The Morgan fingerprint density at radius 2 is 1.28 bits per heavy atom. The molecule has 0 unspecified atom stereocenters. The molecule has 3 nitrogen and oxygen atoms in total. The van der Waals surface area contributed by atoms with Crippen molar-refractivity contribution >= 4 is 5.97 Å². The van der Waals surface area contributed by atoms with Gasteiger partial charge in [0.2, 0.25) is 0 Å². The molecule has 146 valence electrons. The first-order valence-corrected chi connectivity index (χ1v) is 11.3. The molecule has 2 fully saturated rings. The summed E-state index contributed by atoms with van der Waals surface area (Å²) in [6.07, 6.45) is 19.4. The van der Waals surface area contributed by atoms with Crippen molar-refractivity contribution in [2.45, 2.75) is 109 Å². The second kappa shape index (κ2) is 11.9. The monoisotopic (exact) mass is 352 g/mol. The van der Waals surface area contributed by atoms with Crippen molar-refractivity contribution < 1.29 is 14.0 Å². The van der Waals surface area contributed by atoms with E-state index < -0.39 is 0 Å². The maximum atomic E-state index is 12.7. The van der Waals surface area contributed by atoms with Gasteiger partial charge in [0.25, 0.3) is 0 Å². The van der Waals surface area contributed by atoms with E-state index in [-0.39, 0.29) is 12.1 Å². The Morgan fingerprint density at radius 1 is 0.800 bits per heavy atom. The molecule has 1 saturated heterocycles. The normalized spacial score (nSPS) is 24.0. The van der Waals surface area contributed by atoms with Gasteiger partial charge in [-0.15, -0.1) is 0 Å². The molecule has 3 heteroatoms. The highest BCUT2D eigenvalue weighted by atomic mass is 16.5. The van der Waals surface area contributed by atoms with Crippen molar-refractivity contribution in [3.8, 4) is 0 Å². The lowest BCUT2D eigenvalue weighted by Crippen LogP contribution is -2.55. The molecular formula is C22H42NO2+. The van der Waals surface area contributed by atoms with Crippen LogP contribution in [-0.2, 0) is 9.53 Å². The minimum Gasteiger partial charge on any atom is -0.458 e. The fourth-order valence-corrected chi connectivity index (χ4v) is 4.86. The minimum atomic E-state index is 0.0763. The number of esters is 1. The highest BCUT2D eigenvalue weighted by molar-refractivity contribution is 5.70. The maximum absolute atomic E-state index is 12.7. The SMILES string of the molecule is CCC[N+]1(CC(=O)OC2CCCCCCCCCCC2)CCCCC1. The molecule has 1 aliphatic heterocycles. The van der Waals surface area contributed by atoms with Crippen LogP contribution in [0.2, 0.25) is 0 Å². The maximum Gasteiger partial charge on any atom is 0.362 e. The zero-order valence-electron chi connectivity index (χ0n) is 16.8. The molecule has 1 heterocycles. The van der Waals surface area contributed by atoms with E-state index in [1.165, 1.54) is 90.1 Å². The summed E-state index contributed by atoms with van der Waals surface area (Å²) < 4.78 is 7.00. The van der Waals surface area contributed by atoms with Crippen molar-refractivity contribution in [2.75, 3.05) is 26.2 Å². The van der Waals surface area contributed by atoms with Crippen molar-refractivity contribution in [3.63, 3.8) is 0 Å². The summed E-state index contributed by atoms with van der Waals surface area (Å²) in [6.45, 7) is 6.35. The van der Waals surface area contributed by atoms with Gasteiger partial charge in [0, 0.05) is 0 Å². The first kappa shape index (κ1) is 20.7. The molecule has 0 aromatic heterocycles. The molecule has 1 saturated carbocycles. The molecule has 1 aliphatic carbocycles. The van der Waals surface area contributed by atoms with E-state index in [1.54, 1.807) is 0 Å². The number of nitrogens with zero attached hydrogens (tertiary/aromatic N) is 1. The van der Waals surface area contributed by atoms with E-state index in [4.69, 9.17) is 4.74 Å². The lowest BCUT2D eigenvalue weighted by molar-refractivity contribution is -0.925.